The van der Waals surface area contributed by atoms with Gasteiger partial charge in [-0.2, -0.15) is 0 Å². The van der Waals surface area contributed by atoms with Crippen molar-refractivity contribution in [1.82, 2.24) is 0 Å². The maximum Gasteiger partial charge on any atom is 0.227 e. The molecule has 1 unspecified atom stereocenters. The van der Waals surface area contributed by atoms with Crippen LogP contribution in [0.3, 0.4) is 0 Å². The summed E-state index contributed by atoms with van der Waals surface area (Å²) in [5, 5.41) is 0. The Labute approximate surface area is 130 Å². The first-order chi connectivity index (χ1) is 9.70. The summed E-state index contributed by atoms with van der Waals surface area (Å²) < 4.78 is 5.49. The van der Waals surface area contributed by atoms with E-state index in [0.717, 1.165) is 5.69 Å². The monoisotopic (exact) mass is 307 g/mol. The van der Waals surface area contributed by atoms with E-state index < -0.39 is 0 Å². The second kappa shape index (κ2) is 5.70. The van der Waals surface area contributed by atoms with E-state index in [4.69, 9.17) is 4.52 Å². The number of benzene rings is 1. The number of amides is 1. The number of aryl methyl sites for hydroxylation is 1. The lowest BCUT2D eigenvalue weighted by Crippen LogP contribution is -2.46. The summed E-state index contributed by atoms with van der Waals surface area (Å²) >= 11 is 0. The average Bonchev–Trinajstić information content (AvgIpc) is 2.65. The molecule has 0 aliphatic carbocycles. The van der Waals surface area contributed by atoms with Crippen molar-refractivity contribution >= 4 is 21.1 Å². The van der Waals surface area contributed by atoms with E-state index in [0.29, 0.717) is 6.42 Å². The fourth-order valence-electron chi connectivity index (χ4n) is 3.49. The predicted molar refractivity (Wildman–Crippen MR) is 90.6 cm³/mol. The van der Waals surface area contributed by atoms with Gasteiger partial charge in [0.1, 0.15) is 0 Å². The third kappa shape index (κ3) is 2.74. The lowest BCUT2D eigenvalue weighted by atomic mass is 9.82. The zero-order valence-corrected chi connectivity index (χ0v) is 15.0. The number of anilines is 1. The van der Waals surface area contributed by atoms with Crippen LogP contribution in [0, 0.1) is 26.2 Å². The number of hydrogen-bond donors (Lipinski definition) is 0. The van der Waals surface area contributed by atoms with Crippen molar-refractivity contribution in [2.45, 2.75) is 60.1 Å². The first kappa shape index (κ1) is 16.5. The standard InChI is InChI=1S/C17H26NO2P/c1-10-7-8-14(12(3)11(10)2)18-15(19)9-17(5,6)16(18)13(4)20-21/h7-8,13,16H,9,21H2,1-6H3/t13-,16+/m1/s1. The molecule has 0 saturated carbocycles. The first-order valence-electron chi connectivity index (χ1n) is 7.45. The fourth-order valence-corrected chi connectivity index (χ4v) is 3.64. The minimum atomic E-state index is -0.0989. The molecule has 2 rings (SSSR count). The zero-order chi connectivity index (χ0) is 15.9. The molecule has 0 spiro atoms. The van der Waals surface area contributed by atoms with E-state index in [9.17, 15) is 4.79 Å². The van der Waals surface area contributed by atoms with Crippen LogP contribution in [0.1, 0.15) is 43.9 Å². The van der Waals surface area contributed by atoms with Gasteiger partial charge in [0, 0.05) is 21.6 Å². The molecule has 3 atom stereocenters. The molecule has 1 aliphatic rings. The van der Waals surface area contributed by atoms with Gasteiger partial charge in [-0.05, 0) is 55.9 Å². The summed E-state index contributed by atoms with van der Waals surface area (Å²) in [5.41, 5.74) is 4.62. The van der Waals surface area contributed by atoms with Gasteiger partial charge in [-0.1, -0.05) is 19.9 Å². The van der Waals surface area contributed by atoms with Gasteiger partial charge in [0.2, 0.25) is 5.91 Å². The van der Waals surface area contributed by atoms with Gasteiger partial charge in [0.05, 0.1) is 12.1 Å². The van der Waals surface area contributed by atoms with Gasteiger partial charge >= 0.3 is 0 Å². The van der Waals surface area contributed by atoms with Crippen LogP contribution in [0.5, 0.6) is 0 Å². The molecule has 1 amide bonds. The summed E-state index contributed by atoms with van der Waals surface area (Å²) in [4.78, 5) is 14.6. The lowest BCUT2D eigenvalue weighted by Gasteiger charge is -2.37. The van der Waals surface area contributed by atoms with Crippen LogP contribution in [-0.2, 0) is 9.32 Å². The largest absolute Gasteiger partial charge is 0.361 e. The highest BCUT2D eigenvalue weighted by Crippen LogP contribution is 2.43. The summed E-state index contributed by atoms with van der Waals surface area (Å²) in [6.07, 6.45) is 0.528. The van der Waals surface area contributed by atoms with Crippen molar-refractivity contribution in [1.29, 1.82) is 0 Å². The molecule has 0 N–H and O–H groups in total. The van der Waals surface area contributed by atoms with E-state index >= 15 is 0 Å². The Morgan fingerprint density at radius 1 is 1.29 bits per heavy atom. The zero-order valence-electron chi connectivity index (χ0n) is 13.9. The number of hydrogen-bond acceptors (Lipinski definition) is 2. The second-order valence-electron chi connectivity index (χ2n) is 6.87. The molecule has 3 nitrogen and oxygen atoms in total. The minimum Gasteiger partial charge on any atom is -0.361 e. The van der Waals surface area contributed by atoms with Gasteiger partial charge < -0.3 is 9.42 Å². The third-order valence-corrected chi connectivity index (χ3v) is 5.33. The van der Waals surface area contributed by atoms with Gasteiger partial charge in [0.25, 0.3) is 0 Å². The van der Waals surface area contributed by atoms with Crippen molar-refractivity contribution in [3.8, 4) is 0 Å². The molecular formula is C17H26NO2P. The molecule has 21 heavy (non-hydrogen) atoms. The summed E-state index contributed by atoms with van der Waals surface area (Å²) in [6, 6.07) is 4.21. The smallest absolute Gasteiger partial charge is 0.227 e. The Balaban J connectivity index is 2.55. The Hall–Kier alpha value is -0.920. The van der Waals surface area contributed by atoms with Crippen LogP contribution in [0.15, 0.2) is 12.1 Å². The molecular weight excluding hydrogens is 281 g/mol. The van der Waals surface area contributed by atoms with E-state index in [1.165, 1.54) is 16.7 Å². The molecule has 0 aromatic heterocycles. The quantitative estimate of drug-likeness (QED) is 0.792. The molecule has 1 fully saturated rings. The Bertz CT molecular complexity index is 568. The van der Waals surface area contributed by atoms with Crippen LogP contribution in [0.25, 0.3) is 0 Å². The highest BCUT2D eigenvalue weighted by atomic mass is 31.0. The van der Waals surface area contributed by atoms with Crippen LogP contribution >= 0.6 is 9.47 Å². The average molecular weight is 307 g/mol. The first-order valence-corrected chi connectivity index (χ1v) is 7.92. The highest BCUT2D eigenvalue weighted by molar-refractivity contribution is 7.09. The van der Waals surface area contributed by atoms with Gasteiger partial charge in [0.15, 0.2) is 0 Å². The summed E-state index contributed by atoms with van der Waals surface area (Å²) in [7, 11) is 2.33. The van der Waals surface area contributed by atoms with Gasteiger partial charge in [-0.25, -0.2) is 0 Å². The van der Waals surface area contributed by atoms with Crippen molar-refractivity contribution in [3.05, 3.63) is 28.8 Å². The van der Waals surface area contributed by atoms with Crippen LogP contribution in [0.2, 0.25) is 0 Å². The molecule has 1 saturated heterocycles. The van der Waals surface area contributed by atoms with E-state index in [2.05, 4.69) is 56.2 Å². The molecule has 116 valence electrons. The van der Waals surface area contributed by atoms with Crippen molar-refractivity contribution in [2.75, 3.05) is 4.90 Å². The molecule has 1 heterocycles. The predicted octanol–water partition coefficient (Wildman–Crippen LogP) is 3.94. The van der Waals surface area contributed by atoms with E-state index in [1.54, 1.807) is 0 Å². The molecule has 0 radical (unpaired) electrons. The molecule has 1 aromatic rings. The number of carbonyl (C=O) groups excluding carboxylic acids is 1. The van der Waals surface area contributed by atoms with E-state index in [-0.39, 0.29) is 23.5 Å². The fraction of sp³-hybridized carbons (Fsp3) is 0.588. The van der Waals surface area contributed by atoms with Crippen LogP contribution < -0.4 is 4.90 Å². The lowest BCUT2D eigenvalue weighted by molar-refractivity contribution is -0.117. The second-order valence-corrected chi connectivity index (χ2v) is 7.14. The van der Waals surface area contributed by atoms with Crippen molar-refractivity contribution < 1.29 is 9.32 Å². The van der Waals surface area contributed by atoms with E-state index in [1.807, 2.05) is 11.8 Å². The van der Waals surface area contributed by atoms with Crippen LogP contribution in [0.4, 0.5) is 5.69 Å². The minimum absolute atomic E-state index is 0.0301. The Morgan fingerprint density at radius 2 is 1.90 bits per heavy atom. The number of rotatable bonds is 3. The summed E-state index contributed by atoms with van der Waals surface area (Å²) in [5.74, 6) is 0.185. The highest BCUT2D eigenvalue weighted by Gasteiger charge is 2.49. The van der Waals surface area contributed by atoms with Gasteiger partial charge in [-0.3, -0.25) is 4.79 Å². The maximum atomic E-state index is 12.6. The Kier molecular flexibility index (Phi) is 4.46. The van der Waals surface area contributed by atoms with Crippen molar-refractivity contribution in [2.24, 2.45) is 5.41 Å². The summed E-state index contributed by atoms with van der Waals surface area (Å²) in [6.45, 7) is 12.6. The topological polar surface area (TPSA) is 29.5 Å². The Morgan fingerprint density at radius 3 is 2.48 bits per heavy atom. The third-order valence-electron chi connectivity index (χ3n) is 4.90. The molecule has 1 aromatic carbocycles. The maximum absolute atomic E-state index is 12.6. The number of nitrogens with zero attached hydrogens (tertiary/aromatic N) is 1. The van der Waals surface area contributed by atoms with Crippen molar-refractivity contribution in [3.63, 3.8) is 0 Å². The van der Waals surface area contributed by atoms with Gasteiger partial charge in [-0.15, -0.1) is 0 Å². The van der Waals surface area contributed by atoms with Crippen LogP contribution in [-0.4, -0.2) is 18.1 Å². The SMILES string of the molecule is Cc1ccc(N2C(=O)CC(C)(C)[C@@H]2[C@@H](C)OP)c(C)c1C. The molecule has 0 bridgehead atoms. The number of carbonyl (C=O) groups is 1. The molecule has 1 aliphatic heterocycles. The molecule has 4 heteroatoms. The normalized spacial score (nSPS) is 22.7.